The van der Waals surface area contributed by atoms with Gasteiger partial charge in [-0.15, -0.1) is 0 Å². The molecule has 0 aliphatic rings. The Hall–Kier alpha value is -3.35. The number of aromatic carboxylic acids is 2. The van der Waals surface area contributed by atoms with Crippen molar-refractivity contribution < 1.29 is 29.3 Å². The van der Waals surface area contributed by atoms with Crippen molar-refractivity contribution in [3.05, 3.63) is 58.7 Å². The van der Waals surface area contributed by atoms with Crippen LogP contribution in [0.4, 0.5) is 5.69 Å². The van der Waals surface area contributed by atoms with Gasteiger partial charge in [-0.25, -0.2) is 9.59 Å². The maximum Gasteiger partial charge on any atom is 0.335 e. The van der Waals surface area contributed by atoms with Gasteiger partial charge in [0.1, 0.15) is 5.75 Å². The van der Waals surface area contributed by atoms with Crippen LogP contribution >= 0.6 is 0 Å². The third kappa shape index (κ3) is 5.07. The molecule has 2 rings (SSSR count). The molecule has 7 nitrogen and oxygen atoms in total. The van der Waals surface area contributed by atoms with E-state index in [1.54, 1.807) is 12.1 Å². The summed E-state index contributed by atoms with van der Waals surface area (Å²) in [6.07, 6.45) is 0. The number of amides is 1. The number of hydrogen-bond acceptors (Lipinski definition) is 4. The van der Waals surface area contributed by atoms with Crippen molar-refractivity contribution in [1.29, 1.82) is 0 Å². The van der Waals surface area contributed by atoms with Gasteiger partial charge in [-0.3, -0.25) is 4.79 Å². The number of nitrogens with one attached hydrogen (secondary N) is 1. The van der Waals surface area contributed by atoms with Crippen LogP contribution in [0.5, 0.6) is 5.75 Å². The highest BCUT2D eigenvalue weighted by Crippen LogP contribution is 2.17. The largest absolute Gasteiger partial charge is 0.484 e. The lowest BCUT2D eigenvalue weighted by Gasteiger charge is -2.10. The number of benzene rings is 2. The molecule has 1 amide bonds. The van der Waals surface area contributed by atoms with Crippen molar-refractivity contribution in [2.75, 3.05) is 11.9 Å². The SMILES string of the molecule is Cc1cc(C)cc(OCC(=O)Nc2cc(C(=O)O)cc(C(=O)O)c2)c1. The van der Waals surface area contributed by atoms with E-state index in [1.165, 1.54) is 12.1 Å². The highest BCUT2D eigenvalue weighted by Gasteiger charge is 2.13. The van der Waals surface area contributed by atoms with Crippen molar-refractivity contribution >= 4 is 23.5 Å². The molecule has 25 heavy (non-hydrogen) atoms. The van der Waals surface area contributed by atoms with Crippen molar-refractivity contribution in [1.82, 2.24) is 0 Å². The Kier molecular flexibility index (Phi) is 5.38. The lowest BCUT2D eigenvalue weighted by Crippen LogP contribution is -2.20. The van der Waals surface area contributed by atoms with Crippen LogP contribution in [-0.2, 0) is 4.79 Å². The van der Waals surface area contributed by atoms with Gasteiger partial charge in [-0.05, 0) is 55.3 Å². The first-order chi connectivity index (χ1) is 11.7. The number of anilines is 1. The molecule has 0 atom stereocenters. The van der Waals surface area contributed by atoms with E-state index in [1.807, 2.05) is 19.9 Å². The van der Waals surface area contributed by atoms with Crippen LogP contribution < -0.4 is 10.1 Å². The standard InChI is InChI=1S/C18H17NO6/c1-10-3-11(2)5-15(4-10)25-9-16(20)19-14-7-12(17(21)22)6-13(8-14)18(23)24/h3-8H,9H2,1-2H3,(H,19,20)(H,21,22)(H,23,24). The number of ether oxygens (including phenoxy) is 1. The van der Waals surface area contributed by atoms with E-state index in [0.29, 0.717) is 5.75 Å². The van der Waals surface area contributed by atoms with Gasteiger partial charge in [0, 0.05) is 5.69 Å². The summed E-state index contributed by atoms with van der Waals surface area (Å²) in [5.74, 6) is -2.56. The molecule has 0 spiro atoms. The van der Waals surface area contributed by atoms with Gasteiger partial charge >= 0.3 is 11.9 Å². The lowest BCUT2D eigenvalue weighted by molar-refractivity contribution is -0.118. The first-order valence-electron chi connectivity index (χ1n) is 7.37. The van der Waals surface area contributed by atoms with Crippen LogP contribution in [0.1, 0.15) is 31.8 Å². The summed E-state index contributed by atoms with van der Waals surface area (Å²) >= 11 is 0. The molecule has 130 valence electrons. The summed E-state index contributed by atoms with van der Waals surface area (Å²) in [6.45, 7) is 3.53. The number of carboxylic acid groups (broad SMARTS) is 2. The zero-order chi connectivity index (χ0) is 18.6. The predicted molar refractivity (Wildman–Crippen MR) is 90.4 cm³/mol. The van der Waals surface area contributed by atoms with Gasteiger partial charge < -0.3 is 20.3 Å². The van der Waals surface area contributed by atoms with Crippen LogP contribution in [0.15, 0.2) is 36.4 Å². The summed E-state index contributed by atoms with van der Waals surface area (Å²) in [7, 11) is 0. The molecule has 0 bridgehead atoms. The summed E-state index contributed by atoms with van der Waals surface area (Å²) in [5.41, 5.74) is 1.61. The fourth-order valence-corrected chi connectivity index (χ4v) is 2.31. The number of aryl methyl sites for hydroxylation is 2. The molecule has 7 heteroatoms. The summed E-state index contributed by atoms with van der Waals surface area (Å²) in [5, 5.41) is 20.5. The number of carbonyl (C=O) groups is 3. The van der Waals surface area contributed by atoms with Gasteiger partial charge in [0.05, 0.1) is 11.1 Å². The molecule has 0 heterocycles. The first kappa shape index (κ1) is 18.0. The van der Waals surface area contributed by atoms with Crippen LogP contribution in [0.2, 0.25) is 0 Å². The number of rotatable bonds is 6. The maximum absolute atomic E-state index is 12.0. The molecular formula is C18H17NO6. The van der Waals surface area contributed by atoms with Gasteiger partial charge in [-0.1, -0.05) is 6.07 Å². The van der Waals surface area contributed by atoms with Crippen LogP contribution in [0.3, 0.4) is 0 Å². The Bertz CT molecular complexity index is 791. The number of carboxylic acids is 2. The molecular weight excluding hydrogens is 326 g/mol. The van der Waals surface area contributed by atoms with E-state index in [-0.39, 0.29) is 23.4 Å². The van der Waals surface area contributed by atoms with E-state index in [2.05, 4.69) is 5.32 Å². The van der Waals surface area contributed by atoms with Crippen molar-refractivity contribution in [3.8, 4) is 5.75 Å². The molecule has 2 aromatic carbocycles. The Labute approximate surface area is 143 Å². The second-order valence-corrected chi connectivity index (χ2v) is 5.57. The van der Waals surface area contributed by atoms with E-state index < -0.39 is 17.8 Å². The second kappa shape index (κ2) is 7.48. The molecule has 0 saturated heterocycles. The van der Waals surface area contributed by atoms with E-state index in [4.69, 9.17) is 14.9 Å². The van der Waals surface area contributed by atoms with Crippen molar-refractivity contribution in [2.45, 2.75) is 13.8 Å². The van der Waals surface area contributed by atoms with Crippen LogP contribution in [-0.4, -0.2) is 34.7 Å². The Balaban J connectivity index is 2.09. The highest BCUT2D eigenvalue weighted by molar-refractivity contribution is 5.98. The van der Waals surface area contributed by atoms with Gasteiger partial charge in [-0.2, -0.15) is 0 Å². The first-order valence-corrected chi connectivity index (χ1v) is 7.37. The van der Waals surface area contributed by atoms with Crippen molar-refractivity contribution in [3.63, 3.8) is 0 Å². The van der Waals surface area contributed by atoms with Crippen molar-refractivity contribution in [2.24, 2.45) is 0 Å². The predicted octanol–water partition coefficient (Wildman–Crippen LogP) is 2.72. The summed E-state index contributed by atoms with van der Waals surface area (Å²) in [4.78, 5) is 34.1. The van der Waals surface area contributed by atoms with E-state index >= 15 is 0 Å². The van der Waals surface area contributed by atoms with Gasteiger partial charge in [0.15, 0.2) is 6.61 Å². The third-order valence-corrected chi connectivity index (χ3v) is 3.28. The number of hydrogen-bond donors (Lipinski definition) is 3. The molecule has 0 saturated carbocycles. The Morgan fingerprint density at radius 1 is 0.880 bits per heavy atom. The zero-order valence-corrected chi connectivity index (χ0v) is 13.7. The minimum atomic E-state index is -1.29. The maximum atomic E-state index is 12.0. The summed E-state index contributed by atoms with van der Waals surface area (Å²) < 4.78 is 5.41. The Morgan fingerprint density at radius 3 is 1.88 bits per heavy atom. The molecule has 0 aromatic heterocycles. The smallest absolute Gasteiger partial charge is 0.335 e. The quantitative estimate of drug-likeness (QED) is 0.743. The van der Waals surface area contributed by atoms with E-state index in [9.17, 15) is 14.4 Å². The van der Waals surface area contributed by atoms with Crippen LogP contribution in [0.25, 0.3) is 0 Å². The molecule has 0 fully saturated rings. The van der Waals surface area contributed by atoms with Gasteiger partial charge in [0.25, 0.3) is 5.91 Å². The molecule has 0 aliphatic heterocycles. The van der Waals surface area contributed by atoms with E-state index in [0.717, 1.165) is 17.2 Å². The lowest BCUT2D eigenvalue weighted by atomic mass is 10.1. The average molecular weight is 343 g/mol. The molecule has 0 aliphatic carbocycles. The van der Waals surface area contributed by atoms with Crippen LogP contribution in [0, 0.1) is 13.8 Å². The molecule has 3 N–H and O–H groups in total. The minimum absolute atomic E-state index is 0.0753. The fraction of sp³-hybridized carbons (Fsp3) is 0.167. The minimum Gasteiger partial charge on any atom is -0.484 e. The average Bonchev–Trinajstić information content (AvgIpc) is 2.51. The number of carbonyl (C=O) groups excluding carboxylic acids is 1. The fourth-order valence-electron chi connectivity index (χ4n) is 2.31. The second-order valence-electron chi connectivity index (χ2n) is 5.57. The molecule has 2 aromatic rings. The van der Waals surface area contributed by atoms with Gasteiger partial charge in [0.2, 0.25) is 0 Å². The third-order valence-electron chi connectivity index (χ3n) is 3.28. The normalized spacial score (nSPS) is 10.2. The topological polar surface area (TPSA) is 113 Å². The highest BCUT2D eigenvalue weighted by atomic mass is 16.5. The monoisotopic (exact) mass is 343 g/mol. The summed E-state index contributed by atoms with van der Waals surface area (Å²) in [6, 6.07) is 8.93. The zero-order valence-electron chi connectivity index (χ0n) is 13.7. The molecule has 0 unspecified atom stereocenters. The Morgan fingerprint density at radius 2 is 1.40 bits per heavy atom. The molecule has 0 radical (unpaired) electrons.